The largest absolute Gasteiger partial charge is 0.472 e. The van der Waals surface area contributed by atoms with Gasteiger partial charge in [0.2, 0.25) is 0 Å². The first-order chi connectivity index (χ1) is 10.3. The van der Waals surface area contributed by atoms with Gasteiger partial charge in [0.05, 0.1) is 27.7 Å². The maximum absolute atomic E-state index is 11.7. The molecule has 0 amide bonds. The first-order valence-electron chi connectivity index (χ1n) is 7.75. The fourth-order valence-corrected chi connectivity index (χ4v) is 2.65. The van der Waals surface area contributed by atoms with Crippen LogP contribution in [0.2, 0.25) is 0 Å². The summed E-state index contributed by atoms with van der Waals surface area (Å²) in [5.74, 6) is 0. The van der Waals surface area contributed by atoms with Crippen molar-refractivity contribution in [2.75, 3.05) is 40.9 Å². The summed E-state index contributed by atoms with van der Waals surface area (Å²) < 4.78 is 22.3. The molecule has 1 rings (SSSR count). The van der Waals surface area contributed by atoms with Gasteiger partial charge in [-0.15, -0.1) is 0 Å². The number of aryl methyl sites for hydroxylation is 1. The minimum absolute atomic E-state index is 0.214. The van der Waals surface area contributed by atoms with Crippen molar-refractivity contribution in [1.29, 1.82) is 0 Å². The molecule has 0 aliphatic heterocycles. The van der Waals surface area contributed by atoms with Crippen molar-refractivity contribution in [3.05, 3.63) is 35.9 Å². The smallest absolute Gasteiger partial charge is 0.329 e. The van der Waals surface area contributed by atoms with Crippen LogP contribution in [0.5, 0.6) is 0 Å². The average molecular weight is 330 g/mol. The lowest BCUT2D eigenvalue weighted by Gasteiger charge is -2.24. The Morgan fingerprint density at radius 2 is 1.64 bits per heavy atom. The molecule has 1 N–H and O–H groups in total. The fraction of sp³-hybridized carbons (Fsp3) is 0.625. The number of benzene rings is 1. The first-order valence-corrected chi connectivity index (χ1v) is 9.24. The molecule has 0 radical (unpaired) electrons. The van der Waals surface area contributed by atoms with Crippen LogP contribution in [0, 0.1) is 0 Å². The van der Waals surface area contributed by atoms with E-state index in [9.17, 15) is 9.46 Å². The first kappa shape index (κ1) is 19.3. The fourth-order valence-electron chi connectivity index (χ4n) is 1.90. The lowest BCUT2D eigenvalue weighted by molar-refractivity contribution is -0.870. The van der Waals surface area contributed by atoms with E-state index < -0.39 is 7.82 Å². The van der Waals surface area contributed by atoms with Crippen LogP contribution in [0.3, 0.4) is 0 Å². The molecular formula is C16H29NO4P+. The topological polar surface area (TPSA) is 55.8 Å². The van der Waals surface area contributed by atoms with Gasteiger partial charge in [-0.2, -0.15) is 0 Å². The molecule has 1 aromatic carbocycles. The summed E-state index contributed by atoms with van der Waals surface area (Å²) in [6.07, 6.45) is 3.80. The van der Waals surface area contributed by atoms with E-state index in [2.05, 4.69) is 12.1 Å². The normalized spacial score (nSPS) is 14.7. The van der Waals surface area contributed by atoms with Crippen LogP contribution in [0.15, 0.2) is 30.3 Å². The third-order valence-corrected chi connectivity index (χ3v) is 4.24. The Labute approximate surface area is 134 Å². The molecule has 22 heavy (non-hydrogen) atoms. The predicted molar refractivity (Wildman–Crippen MR) is 88.6 cm³/mol. The zero-order valence-corrected chi connectivity index (χ0v) is 14.8. The van der Waals surface area contributed by atoms with Gasteiger partial charge < -0.3 is 9.38 Å². The highest BCUT2D eigenvalue weighted by molar-refractivity contribution is 7.47. The third-order valence-electron chi connectivity index (χ3n) is 3.22. The third kappa shape index (κ3) is 10.1. The Morgan fingerprint density at radius 3 is 2.27 bits per heavy atom. The van der Waals surface area contributed by atoms with E-state index in [1.807, 2.05) is 39.3 Å². The van der Waals surface area contributed by atoms with Crippen molar-refractivity contribution in [2.24, 2.45) is 0 Å². The Morgan fingerprint density at radius 1 is 1.00 bits per heavy atom. The average Bonchev–Trinajstić information content (AvgIpc) is 2.42. The van der Waals surface area contributed by atoms with Gasteiger partial charge in [0, 0.05) is 0 Å². The molecule has 0 fully saturated rings. The molecule has 6 heteroatoms. The number of hydrogen-bond donors (Lipinski definition) is 1. The van der Waals surface area contributed by atoms with Crippen molar-refractivity contribution in [1.82, 2.24) is 0 Å². The molecule has 0 aliphatic carbocycles. The Balaban J connectivity index is 2.06. The Bertz CT molecular complexity index is 459. The van der Waals surface area contributed by atoms with Gasteiger partial charge in [-0.1, -0.05) is 36.8 Å². The highest BCUT2D eigenvalue weighted by Crippen LogP contribution is 2.43. The second kappa shape index (κ2) is 9.43. The summed E-state index contributed by atoms with van der Waals surface area (Å²) in [4.78, 5) is 9.55. The van der Waals surface area contributed by atoms with E-state index in [-0.39, 0.29) is 13.2 Å². The van der Waals surface area contributed by atoms with Gasteiger partial charge in [-0.3, -0.25) is 9.05 Å². The van der Waals surface area contributed by atoms with E-state index >= 15 is 0 Å². The van der Waals surface area contributed by atoms with E-state index in [0.29, 0.717) is 11.0 Å². The lowest BCUT2D eigenvalue weighted by Crippen LogP contribution is -2.37. The lowest BCUT2D eigenvalue weighted by atomic mass is 10.1. The van der Waals surface area contributed by atoms with Gasteiger partial charge in [-0.05, 0) is 24.8 Å². The van der Waals surface area contributed by atoms with Gasteiger partial charge in [0.1, 0.15) is 13.2 Å². The van der Waals surface area contributed by atoms with Crippen LogP contribution in [0.1, 0.15) is 24.8 Å². The molecular weight excluding hydrogens is 301 g/mol. The number of likely N-dealkylation sites (N-methyl/N-ethyl adjacent to an activating group) is 1. The standard InChI is InChI=1S/C16H28NO4P/c1-17(2,3)13-15-21-22(18,19)20-14-9-5-8-12-16-10-6-4-7-11-16/h4,6-7,10-11H,5,8-9,12-15H2,1-3H3/p+1. The second-order valence-corrected chi connectivity index (χ2v) is 7.90. The summed E-state index contributed by atoms with van der Waals surface area (Å²) in [5, 5.41) is 0. The van der Waals surface area contributed by atoms with Crippen LogP contribution in [0.25, 0.3) is 0 Å². The number of quaternary nitrogens is 1. The molecule has 1 aromatic rings. The molecule has 0 bridgehead atoms. The highest BCUT2D eigenvalue weighted by atomic mass is 31.2. The zero-order valence-electron chi connectivity index (χ0n) is 13.9. The molecule has 0 spiro atoms. The van der Waals surface area contributed by atoms with Crippen molar-refractivity contribution < 1.29 is 23.0 Å². The molecule has 0 aromatic heterocycles. The van der Waals surface area contributed by atoms with E-state index in [4.69, 9.17) is 9.05 Å². The molecule has 0 saturated heterocycles. The van der Waals surface area contributed by atoms with Crippen LogP contribution in [-0.2, 0) is 20.0 Å². The zero-order chi connectivity index (χ0) is 16.5. The van der Waals surface area contributed by atoms with Crippen LogP contribution in [0.4, 0.5) is 0 Å². The summed E-state index contributed by atoms with van der Waals surface area (Å²) in [5.41, 5.74) is 1.32. The quantitative estimate of drug-likeness (QED) is 0.384. The predicted octanol–water partition coefficient (Wildman–Crippen LogP) is 3.24. The van der Waals surface area contributed by atoms with E-state index in [1.54, 1.807) is 0 Å². The highest BCUT2D eigenvalue weighted by Gasteiger charge is 2.21. The van der Waals surface area contributed by atoms with E-state index in [1.165, 1.54) is 5.56 Å². The maximum Gasteiger partial charge on any atom is 0.472 e. The Kier molecular flexibility index (Phi) is 8.29. The van der Waals surface area contributed by atoms with Crippen molar-refractivity contribution in [3.8, 4) is 0 Å². The molecule has 5 nitrogen and oxygen atoms in total. The van der Waals surface area contributed by atoms with Crippen LogP contribution < -0.4 is 0 Å². The number of phosphoric ester groups is 1. The number of unbranched alkanes of at least 4 members (excludes halogenated alkanes) is 2. The summed E-state index contributed by atoms with van der Waals surface area (Å²) in [6, 6.07) is 10.3. The summed E-state index contributed by atoms with van der Waals surface area (Å²) in [7, 11) is 2.10. The van der Waals surface area contributed by atoms with Gasteiger partial charge in [0.15, 0.2) is 0 Å². The van der Waals surface area contributed by atoms with E-state index in [0.717, 1.165) is 25.7 Å². The molecule has 126 valence electrons. The SMILES string of the molecule is C[N+](C)(C)CCOP(=O)(O)OCCCCCc1ccccc1. The van der Waals surface area contributed by atoms with Crippen molar-refractivity contribution in [3.63, 3.8) is 0 Å². The van der Waals surface area contributed by atoms with Crippen molar-refractivity contribution >= 4 is 7.82 Å². The maximum atomic E-state index is 11.7. The summed E-state index contributed by atoms with van der Waals surface area (Å²) >= 11 is 0. The van der Waals surface area contributed by atoms with Crippen molar-refractivity contribution in [2.45, 2.75) is 25.7 Å². The minimum Gasteiger partial charge on any atom is -0.329 e. The van der Waals surface area contributed by atoms with Gasteiger partial charge >= 0.3 is 7.82 Å². The van der Waals surface area contributed by atoms with Gasteiger partial charge in [0.25, 0.3) is 0 Å². The number of phosphoric acid groups is 1. The number of rotatable bonds is 11. The minimum atomic E-state index is -3.90. The second-order valence-electron chi connectivity index (χ2n) is 6.45. The number of nitrogens with zero attached hydrogens (tertiary/aromatic N) is 1. The molecule has 0 heterocycles. The molecule has 0 saturated carbocycles. The molecule has 1 unspecified atom stereocenters. The van der Waals surface area contributed by atoms with Crippen LogP contribution in [-0.4, -0.2) is 50.3 Å². The summed E-state index contributed by atoms with van der Waals surface area (Å²) in [6.45, 7) is 1.13. The molecule has 0 aliphatic rings. The van der Waals surface area contributed by atoms with Gasteiger partial charge in [-0.25, -0.2) is 4.57 Å². The molecule has 1 atom stereocenters. The monoisotopic (exact) mass is 330 g/mol. The van der Waals surface area contributed by atoms with Crippen LogP contribution >= 0.6 is 7.82 Å². The number of hydrogen-bond acceptors (Lipinski definition) is 3. The Hall–Kier alpha value is -0.710.